The number of carbonyl (C=O) groups is 4. The molecule has 19 heteroatoms. The van der Waals surface area contributed by atoms with Crippen LogP contribution in [0.1, 0.15) is 73.1 Å². The van der Waals surface area contributed by atoms with Gasteiger partial charge in [-0.15, -0.1) is 11.3 Å². The Morgan fingerprint density at radius 1 is 1.00 bits per heavy atom. The first-order valence-corrected chi connectivity index (χ1v) is 25.9. The van der Waals surface area contributed by atoms with Crippen molar-refractivity contribution in [2.24, 2.45) is 11.8 Å². The number of aliphatic hydroxyl groups excluding tert-OH is 1. The summed E-state index contributed by atoms with van der Waals surface area (Å²) in [6.07, 6.45) is 4.83. The summed E-state index contributed by atoms with van der Waals surface area (Å²) in [6.45, 7) is 8.62. The standard InChI is InChI=1S/C52H62BrN9O8S/c1-32(2)45(62-29-37-9-5-6-12-41(37)50(62)66)51(67)61-30-39(63)26-43(61)48(64)55-27-36-14-13-35(46-33(3)57-31-71-46)25-44(36)70-24-22-68-21-23-69-40-17-15-38(16-18-40)58-52-56-28-42(53)47(59-52)54-19-8-20-60(4)49(65)34-10-7-11-34/h5-6,9,12-18,25,28,31-32,34,39,43,45,63H,7-8,10-11,19-24,26-27,29-30H2,1-4H3,(H,55,64)(H2,54,56,58,59)/t39-,43+,45+/m1/s1. The number of benzene rings is 3. The first-order valence-electron chi connectivity index (χ1n) is 24.2. The predicted octanol–water partition coefficient (Wildman–Crippen LogP) is 7.21. The maximum absolute atomic E-state index is 14.3. The lowest BCUT2D eigenvalue weighted by molar-refractivity contribution is -0.143. The third kappa shape index (κ3) is 12.7. The van der Waals surface area contributed by atoms with Crippen molar-refractivity contribution in [3.63, 3.8) is 0 Å². The Labute approximate surface area is 426 Å². The van der Waals surface area contributed by atoms with E-state index in [1.165, 1.54) is 16.2 Å². The normalized spacial score (nSPS) is 16.9. The highest BCUT2D eigenvalue weighted by Gasteiger charge is 2.46. The molecule has 3 aliphatic rings. The van der Waals surface area contributed by atoms with Gasteiger partial charge >= 0.3 is 0 Å². The number of aryl methyl sites for hydroxylation is 1. The van der Waals surface area contributed by atoms with Crippen LogP contribution in [0.4, 0.5) is 17.5 Å². The topological polar surface area (TPSA) is 201 Å². The van der Waals surface area contributed by atoms with Gasteiger partial charge in [-0.2, -0.15) is 4.98 Å². The van der Waals surface area contributed by atoms with E-state index < -0.39 is 24.1 Å². The first kappa shape index (κ1) is 51.2. The van der Waals surface area contributed by atoms with E-state index in [2.05, 4.69) is 46.8 Å². The molecule has 2 aromatic heterocycles. The van der Waals surface area contributed by atoms with E-state index in [1.807, 2.05) is 93.4 Å². The van der Waals surface area contributed by atoms with Gasteiger partial charge in [0.15, 0.2) is 0 Å². The largest absolute Gasteiger partial charge is 0.491 e. The fourth-order valence-electron chi connectivity index (χ4n) is 9.06. The summed E-state index contributed by atoms with van der Waals surface area (Å²) in [5.74, 6) is 1.57. The minimum Gasteiger partial charge on any atom is -0.491 e. The summed E-state index contributed by atoms with van der Waals surface area (Å²) >= 11 is 5.05. The SMILES string of the molecule is Cc1ncsc1-c1ccc(CNC(=O)[C@@H]2C[C@@H](O)CN2C(=O)[C@H](C(C)C)N2Cc3ccccc3C2=O)c(OCCOCCOc2ccc(Nc3ncc(Br)c(NCCCN(C)C(=O)C4CCC4)n3)cc2)c1. The number of halogens is 1. The number of hydrogen-bond acceptors (Lipinski definition) is 14. The molecule has 376 valence electrons. The van der Waals surface area contributed by atoms with Crippen molar-refractivity contribution in [3.05, 3.63) is 105 Å². The number of aromatic nitrogens is 3. The molecule has 2 aliphatic heterocycles. The second-order valence-corrected chi connectivity index (χ2v) is 20.2. The van der Waals surface area contributed by atoms with Crippen LogP contribution in [0.25, 0.3) is 10.4 Å². The number of thiazole rings is 1. The fraction of sp³-hybridized carbons (Fsp3) is 0.442. The number of likely N-dealkylation sites (tertiary alicyclic amines) is 1. The number of aliphatic hydroxyl groups is 1. The quantitative estimate of drug-likeness (QED) is 0.0479. The third-order valence-electron chi connectivity index (χ3n) is 13.1. The Balaban J connectivity index is 0.795. The van der Waals surface area contributed by atoms with Gasteiger partial charge in [-0.05, 0) is 95.6 Å². The van der Waals surface area contributed by atoms with Crippen molar-refractivity contribution in [3.8, 4) is 21.9 Å². The molecule has 4 N–H and O–H groups in total. The van der Waals surface area contributed by atoms with Crippen molar-refractivity contribution < 1.29 is 38.5 Å². The molecule has 8 rings (SSSR count). The first-order chi connectivity index (χ1) is 34.3. The van der Waals surface area contributed by atoms with Gasteiger partial charge in [0, 0.05) is 75.1 Å². The van der Waals surface area contributed by atoms with Gasteiger partial charge < -0.3 is 50.0 Å². The smallest absolute Gasteiger partial charge is 0.255 e. The molecule has 71 heavy (non-hydrogen) atoms. The molecular weight excluding hydrogens is 991 g/mol. The fourth-order valence-corrected chi connectivity index (χ4v) is 10.2. The Kier molecular flexibility index (Phi) is 17.2. The maximum Gasteiger partial charge on any atom is 0.255 e. The zero-order chi connectivity index (χ0) is 50.0. The monoisotopic (exact) mass is 1050 g/mol. The Bertz CT molecular complexity index is 2670. The maximum atomic E-state index is 14.3. The van der Waals surface area contributed by atoms with Gasteiger partial charge in [-0.1, -0.05) is 50.6 Å². The highest BCUT2D eigenvalue weighted by atomic mass is 79.9. The van der Waals surface area contributed by atoms with Crippen LogP contribution in [0.3, 0.4) is 0 Å². The second-order valence-electron chi connectivity index (χ2n) is 18.5. The second kappa shape index (κ2) is 23.8. The van der Waals surface area contributed by atoms with Crippen molar-refractivity contribution in [2.75, 3.05) is 63.7 Å². The van der Waals surface area contributed by atoms with E-state index in [0.717, 1.165) is 63.1 Å². The molecule has 4 heterocycles. The average Bonchev–Trinajstić information content (AvgIpc) is 4.06. The van der Waals surface area contributed by atoms with Gasteiger partial charge in [0.1, 0.15) is 42.6 Å². The molecule has 3 atom stereocenters. The number of carbonyl (C=O) groups excluding carboxylic acids is 4. The van der Waals surface area contributed by atoms with E-state index in [4.69, 9.17) is 14.2 Å². The highest BCUT2D eigenvalue weighted by Crippen LogP contribution is 2.34. The number of ether oxygens (including phenoxy) is 3. The van der Waals surface area contributed by atoms with E-state index in [1.54, 1.807) is 22.7 Å². The van der Waals surface area contributed by atoms with Gasteiger partial charge in [-0.3, -0.25) is 19.2 Å². The van der Waals surface area contributed by atoms with Crippen LogP contribution < -0.4 is 25.4 Å². The Morgan fingerprint density at radius 2 is 1.77 bits per heavy atom. The van der Waals surface area contributed by atoms with Crippen molar-refractivity contribution in [2.45, 2.75) is 84.2 Å². The predicted molar refractivity (Wildman–Crippen MR) is 275 cm³/mol. The lowest BCUT2D eigenvalue weighted by Crippen LogP contribution is -2.55. The molecule has 0 spiro atoms. The number of β-amino-alcohol motifs (C(OH)–C–C–N with tert-alkyl or cyclic N) is 1. The lowest BCUT2D eigenvalue weighted by atomic mass is 9.84. The minimum atomic E-state index is -0.916. The molecule has 0 radical (unpaired) electrons. The number of amides is 4. The molecule has 1 saturated heterocycles. The molecule has 1 aliphatic carbocycles. The summed E-state index contributed by atoms with van der Waals surface area (Å²) in [6, 6.07) is 18.9. The molecular formula is C52H62BrN9O8S. The number of nitrogens with one attached hydrogen (secondary N) is 3. The van der Waals surface area contributed by atoms with Gasteiger partial charge in [-0.25, -0.2) is 9.97 Å². The zero-order valence-corrected chi connectivity index (χ0v) is 43.0. The lowest BCUT2D eigenvalue weighted by Gasteiger charge is -2.35. The third-order valence-corrected chi connectivity index (χ3v) is 14.6. The molecule has 2 fully saturated rings. The number of rotatable bonds is 23. The number of anilines is 3. The van der Waals surface area contributed by atoms with Crippen LogP contribution in [-0.2, 0) is 32.2 Å². The minimum absolute atomic E-state index is 0.00416. The summed E-state index contributed by atoms with van der Waals surface area (Å²) < 4.78 is 18.8. The summed E-state index contributed by atoms with van der Waals surface area (Å²) in [5, 5.41) is 20.3. The van der Waals surface area contributed by atoms with Gasteiger partial charge in [0.25, 0.3) is 5.91 Å². The van der Waals surface area contributed by atoms with Gasteiger partial charge in [0.2, 0.25) is 23.7 Å². The molecule has 4 amide bonds. The van der Waals surface area contributed by atoms with Crippen LogP contribution in [-0.4, -0.2) is 130 Å². The summed E-state index contributed by atoms with van der Waals surface area (Å²) in [4.78, 5) is 73.3. The molecule has 0 unspecified atom stereocenters. The Morgan fingerprint density at radius 3 is 2.49 bits per heavy atom. The zero-order valence-electron chi connectivity index (χ0n) is 40.6. The number of fused-ring (bicyclic) bond motifs is 1. The van der Waals surface area contributed by atoms with Crippen molar-refractivity contribution in [1.29, 1.82) is 0 Å². The van der Waals surface area contributed by atoms with Crippen LogP contribution in [0.5, 0.6) is 11.5 Å². The molecule has 0 bridgehead atoms. The average molecular weight is 1050 g/mol. The number of hydrogen-bond donors (Lipinski definition) is 4. The molecule has 17 nitrogen and oxygen atoms in total. The van der Waals surface area contributed by atoms with Gasteiger partial charge in [0.05, 0.1) is 39.9 Å². The van der Waals surface area contributed by atoms with Crippen molar-refractivity contribution >= 4 is 68.3 Å². The van der Waals surface area contributed by atoms with E-state index in [-0.39, 0.29) is 62.3 Å². The van der Waals surface area contributed by atoms with E-state index in [0.29, 0.717) is 61.7 Å². The van der Waals surface area contributed by atoms with E-state index >= 15 is 0 Å². The summed E-state index contributed by atoms with van der Waals surface area (Å²) in [5.41, 5.74) is 6.56. The number of nitrogens with zero attached hydrogens (tertiary/aromatic N) is 6. The van der Waals surface area contributed by atoms with Crippen molar-refractivity contribution in [1.82, 2.24) is 35.0 Å². The summed E-state index contributed by atoms with van der Waals surface area (Å²) in [7, 11) is 1.87. The van der Waals surface area contributed by atoms with Crippen LogP contribution in [0.2, 0.25) is 0 Å². The highest BCUT2D eigenvalue weighted by molar-refractivity contribution is 9.10. The van der Waals surface area contributed by atoms with Crippen LogP contribution >= 0.6 is 27.3 Å². The van der Waals surface area contributed by atoms with Crippen LogP contribution in [0.15, 0.2) is 82.9 Å². The molecule has 1 saturated carbocycles. The Hall–Kier alpha value is -6.15. The van der Waals surface area contributed by atoms with E-state index in [9.17, 15) is 24.3 Å². The molecule has 3 aromatic carbocycles. The molecule has 5 aromatic rings. The van der Waals surface area contributed by atoms with Crippen LogP contribution in [0, 0.1) is 18.8 Å².